The molecule has 2 aromatic carbocycles. The minimum Gasteiger partial charge on any atom is -0.354 e. The Hall–Kier alpha value is -2.04. The highest BCUT2D eigenvalue weighted by Crippen LogP contribution is 2.10. The molecule has 0 fully saturated rings. The maximum atomic E-state index is 11.8. The summed E-state index contributed by atoms with van der Waals surface area (Å²) in [6, 6.07) is 13.7. The molecule has 2 amide bonds. The molecule has 0 heterocycles. The van der Waals surface area contributed by atoms with Gasteiger partial charge in [0.25, 0.3) is 5.91 Å². The van der Waals surface area contributed by atoms with Gasteiger partial charge in [0, 0.05) is 28.7 Å². The lowest BCUT2D eigenvalue weighted by atomic mass is 10.1. The van der Waals surface area contributed by atoms with Crippen LogP contribution in [0.5, 0.6) is 0 Å². The lowest BCUT2D eigenvalue weighted by molar-refractivity contribution is -0.120. The van der Waals surface area contributed by atoms with Crippen LogP contribution in [0.25, 0.3) is 0 Å². The van der Waals surface area contributed by atoms with E-state index in [2.05, 4.69) is 10.6 Å². The highest BCUT2D eigenvalue weighted by Gasteiger charge is 2.06. The summed E-state index contributed by atoms with van der Waals surface area (Å²) >= 11 is 11.6. The quantitative estimate of drug-likeness (QED) is 0.786. The van der Waals surface area contributed by atoms with Crippen LogP contribution in [0.3, 0.4) is 0 Å². The van der Waals surface area contributed by atoms with E-state index >= 15 is 0 Å². The number of benzene rings is 2. The van der Waals surface area contributed by atoms with Crippen LogP contribution in [-0.4, -0.2) is 24.9 Å². The van der Waals surface area contributed by atoms with E-state index in [0.717, 1.165) is 5.56 Å². The van der Waals surface area contributed by atoms with Crippen molar-refractivity contribution in [3.05, 3.63) is 69.7 Å². The molecule has 4 nitrogen and oxygen atoms in total. The van der Waals surface area contributed by atoms with Gasteiger partial charge in [0.2, 0.25) is 5.91 Å². The monoisotopic (exact) mass is 350 g/mol. The lowest BCUT2D eigenvalue weighted by Gasteiger charge is -2.07. The van der Waals surface area contributed by atoms with Crippen LogP contribution >= 0.6 is 23.2 Å². The highest BCUT2D eigenvalue weighted by atomic mass is 35.5. The van der Waals surface area contributed by atoms with Gasteiger partial charge in [-0.25, -0.2) is 0 Å². The second-order valence-electron chi connectivity index (χ2n) is 4.92. The van der Waals surface area contributed by atoms with Gasteiger partial charge in [-0.1, -0.05) is 35.3 Å². The zero-order valence-electron chi connectivity index (χ0n) is 12.3. The first-order valence-corrected chi connectivity index (χ1v) is 7.85. The average Bonchev–Trinajstić information content (AvgIpc) is 2.54. The van der Waals surface area contributed by atoms with E-state index in [4.69, 9.17) is 23.2 Å². The van der Waals surface area contributed by atoms with Crippen LogP contribution in [0.2, 0.25) is 10.0 Å². The van der Waals surface area contributed by atoms with E-state index in [9.17, 15) is 9.59 Å². The van der Waals surface area contributed by atoms with Gasteiger partial charge >= 0.3 is 0 Å². The van der Waals surface area contributed by atoms with E-state index in [1.54, 1.807) is 36.4 Å². The van der Waals surface area contributed by atoms with Gasteiger partial charge in [0.05, 0.1) is 6.42 Å². The van der Waals surface area contributed by atoms with Crippen molar-refractivity contribution in [2.45, 2.75) is 6.42 Å². The molecule has 120 valence electrons. The summed E-state index contributed by atoms with van der Waals surface area (Å²) in [4.78, 5) is 23.6. The van der Waals surface area contributed by atoms with Gasteiger partial charge in [-0.05, 0) is 42.0 Å². The van der Waals surface area contributed by atoms with Crippen molar-refractivity contribution in [1.29, 1.82) is 0 Å². The molecular formula is C17H16Cl2N2O2. The fourth-order valence-electron chi connectivity index (χ4n) is 1.93. The topological polar surface area (TPSA) is 58.2 Å². The Labute approximate surface area is 144 Å². The van der Waals surface area contributed by atoms with Gasteiger partial charge < -0.3 is 10.6 Å². The van der Waals surface area contributed by atoms with Crippen molar-refractivity contribution in [1.82, 2.24) is 10.6 Å². The molecule has 2 N–H and O–H groups in total. The number of halogens is 2. The lowest BCUT2D eigenvalue weighted by Crippen LogP contribution is -2.35. The number of amides is 2. The molecule has 0 radical (unpaired) electrons. The molecule has 0 aromatic heterocycles. The van der Waals surface area contributed by atoms with Crippen molar-refractivity contribution in [3.8, 4) is 0 Å². The highest BCUT2D eigenvalue weighted by molar-refractivity contribution is 6.30. The summed E-state index contributed by atoms with van der Waals surface area (Å²) in [7, 11) is 0. The molecular weight excluding hydrogens is 335 g/mol. The van der Waals surface area contributed by atoms with Gasteiger partial charge in [-0.3, -0.25) is 9.59 Å². The Morgan fingerprint density at radius 1 is 0.783 bits per heavy atom. The summed E-state index contributed by atoms with van der Waals surface area (Å²) in [6.07, 6.45) is 0.280. The Morgan fingerprint density at radius 3 is 1.91 bits per heavy atom. The molecule has 2 aromatic rings. The van der Waals surface area contributed by atoms with Crippen LogP contribution < -0.4 is 10.6 Å². The van der Waals surface area contributed by atoms with E-state index in [1.807, 2.05) is 12.1 Å². The molecule has 6 heteroatoms. The third-order valence-electron chi connectivity index (χ3n) is 3.12. The van der Waals surface area contributed by atoms with Crippen molar-refractivity contribution in [2.24, 2.45) is 0 Å². The number of hydrogen-bond acceptors (Lipinski definition) is 2. The maximum absolute atomic E-state index is 11.8. The second-order valence-corrected chi connectivity index (χ2v) is 5.79. The van der Waals surface area contributed by atoms with E-state index in [1.165, 1.54) is 0 Å². The summed E-state index contributed by atoms with van der Waals surface area (Å²) in [6.45, 7) is 0.722. The summed E-state index contributed by atoms with van der Waals surface area (Å²) < 4.78 is 0. The zero-order valence-corrected chi connectivity index (χ0v) is 13.8. The summed E-state index contributed by atoms with van der Waals surface area (Å²) in [5.74, 6) is -0.304. The SMILES string of the molecule is O=C(Cc1ccc(Cl)cc1)NCCNC(=O)c1ccc(Cl)cc1. The first-order chi connectivity index (χ1) is 11.0. The van der Waals surface area contributed by atoms with E-state index < -0.39 is 0 Å². The van der Waals surface area contributed by atoms with Crippen molar-refractivity contribution in [3.63, 3.8) is 0 Å². The Bertz CT molecular complexity index is 670. The average molecular weight is 351 g/mol. The van der Waals surface area contributed by atoms with Crippen LogP contribution in [0.4, 0.5) is 0 Å². The molecule has 0 unspecified atom stereocenters. The molecule has 0 spiro atoms. The van der Waals surface area contributed by atoms with Crippen molar-refractivity contribution in [2.75, 3.05) is 13.1 Å². The first-order valence-electron chi connectivity index (χ1n) is 7.09. The maximum Gasteiger partial charge on any atom is 0.251 e. The number of hydrogen-bond donors (Lipinski definition) is 2. The van der Waals surface area contributed by atoms with E-state index in [-0.39, 0.29) is 18.2 Å². The van der Waals surface area contributed by atoms with Crippen LogP contribution in [0.1, 0.15) is 15.9 Å². The molecule has 0 aliphatic carbocycles. The Balaban J connectivity index is 1.68. The standard InChI is InChI=1S/C17H16Cl2N2O2/c18-14-5-1-12(2-6-14)11-16(22)20-9-10-21-17(23)13-3-7-15(19)8-4-13/h1-8H,9-11H2,(H,20,22)(H,21,23). The summed E-state index contributed by atoms with van der Waals surface area (Å²) in [5.41, 5.74) is 1.42. The number of carbonyl (C=O) groups excluding carboxylic acids is 2. The van der Waals surface area contributed by atoms with Gasteiger partial charge in [0.15, 0.2) is 0 Å². The zero-order chi connectivity index (χ0) is 16.7. The third kappa shape index (κ3) is 5.93. The minimum atomic E-state index is -0.200. The molecule has 0 aliphatic rings. The van der Waals surface area contributed by atoms with E-state index in [0.29, 0.717) is 28.7 Å². The second kappa shape index (κ2) is 8.56. The van der Waals surface area contributed by atoms with Gasteiger partial charge in [-0.15, -0.1) is 0 Å². The van der Waals surface area contributed by atoms with Gasteiger partial charge in [0.1, 0.15) is 0 Å². The first kappa shape index (κ1) is 17.3. The third-order valence-corrected chi connectivity index (χ3v) is 3.62. The Kier molecular flexibility index (Phi) is 6.44. The molecule has 0 aliphatic heterocycles. The minimum absolute atomic E-state index is 0.104. The van der Waals surface area contributed by atoms with Crippen molar-refractivity contribution < 1.29 is 9.59 Å². The molecule has 23 heavy (non-hydrogen) atoms. The number of rotatable bonds is 6. The fourth-order valence-corrected chi connectivity index (χ4v) is 2.18. The molecule has 0 atom stereocenters. The molecule has 0 bridgehead atoms. The smallest absolute Gasteiger partial charge is 0.251 e. The number of carbonyl (C=O) groups is 2. The van der Waals surface area contributed by atoms with Crippen LogP contribution in [0, 0.1) is 0 Å². The molecule has 0 saturated carbocycles. The van der Waals surface area contributed by atoms with Gasteiger partial charge in [-0.2, -0.15) is 0 Å². The van der Waals surface area contributed by atoms with Crippen LogP contribution in [0.15, 0.2) is 48.5 Å². The van der Waals surface area contributed by atoms with Crippen LogP contribution in [-0.2, 0) is 11.2 Å². The fraction of sp³-hybridized carbons (Fsp3) is 0.176. The Morgan fingerprint density at radius 2 is 1.30 bits per heavy atom. The summed E-state index contributed by atoms with van der Waals surface area (Å²) in [5, 5.41) is 6.70. The normalized spacial score (nSPS) is 10.2. The largest absolute Gasteiger partial charge is 0.354 e. The number of nitrogens with one attached hydrogen (secondary N) is 2. The predicted molar refractivity (Wildman–Crippen MR) is 92.0 cm³/mol. The van der Waals surface area contributed by atoms with Crippen molar-refractivity contribution >= 4 is 35.0 Å². The predicted octanol–water partition coefficient (Wildman–Crippen LogP) is 3.08. The molecule has 0 saturated heterocycles. The molecule has 2 rings (SSSR count).